The number of rotatable bonds is 4. The third kappa shape index (κ3) is 3.33. The van der Waals surface area contributed by atoms with Crippen LogP contribution in [0, 0.1) is 0 Å². The van der Waals surface area contributed by atoms with E-state index in [1.165, 1.54) is 0 Å². The lowest BCUT2D eigenvalue weighted by Gasteiger charge is -2.26. The summed E-state index contributed by atoms with van der Waals surface area (Å²) in [7, 11) is -3.46. The fourth-order valence-electron chi connectivity index (χ4n) is 3.22. The number of sulfonamides is 1. The molecule has 1 heterocycles. The van der Waals surface area contributed by atoms with Gasteiger partial charge in [-0.2, -0.15) is 0 Å². The number of carbonyl (C=O) groups is 1. The Kier molecular flexibility index (Phi) is 4.49. The van der Waals surface area contributed by atoms with E-state index < -0.39 is 10.0 Å². The van der Waals surface area contributed by atoms with Gasteiger partial charge >= 0.3 is 0 Å². The first-order valence-corrected chi connectivity index (χ1v) is 9.47. The van der Waals surface area contributed by atoms with Gasteiger partial charge in [0.15, 0.2) is 0 Å². The molecule has 1 aromatic rings. The zero-order valence-corrected chi connectivity index (χ0v) is 13.4. The van der Waals surface area contributed by atoms with Crippen LogP contribution < -0.4 is 9.62 Å². The zero-order chi connectivity index (χ0) is 15.6. The molecule has 0 atom stereocenters. The van der Waals surface area contributed by atoms with Crippen molar-refractivity contribution < 1.29 is 13.2 Å². The summed E-state index contributed by atoms with van der Waals surface area (Å²) in [6.07, 6.45) is 6.51. The first-order chi connectivity index (χ1) is 10.6. The van der Waals surface area contributed by atoms with Crippen molar-refractivity contribution in [3.63, 3.8) is 0 Å². The van der Waals surface area contributed by atoms with Crippen LogP contribution in [0.15, 0.2) is 29.2 Å². The Labute approximate surface area is 131 Å². The number of hydrogen-bond donors (Lipinski definition) is 1. The SMILES string of the molecule is O=C1CCCCN1c1ccc(S(=O)(=O)NC2CCCC2)cc1. The summed E-state index contributed by atoms with van der Waals surface area (Å²) in [5.41, 5.74) is 0.782. The van der Waals surface area contributed by atoms with Gasteiger partial charge in [0.25, 0.3) is 0 Å². The molecule has 0 bridgehead atoms. The minimum atomic E-state index is -3.46. The summed E-state index contributed by atoms with van der Waals surface area (Å²) < 4.78 is 27.5. The molecule has 1 aliphatic heterocycles. The van der Waals surface area contributed by atoms with E-state index in [1.54, 1.807) is 29.2 Å². The normalized spacial score (nSPS) is 20.5. The minimum absolute atomic E-state index is 0.0633. The summed E-state index contributed by atoms with van der Waals surface area (Å²) in [6, 6.07) is 6.70. The van der Waals surface area contributed by atoms with Gasteiger partial charge in [0, 0.05) is 24.7 Å². The molecule has 2 fully saturated rings. The van der Waals surface area contributed by atoms with Crippen LogP contribution in [-0.2, 0) is 14.8 Å². The molecule has 0 unspecified atom stereocenters. The molecule has 1 aromatic carbocycles. The fourth-order valence-corrected chi connectivity index (χ4v) is 4.52. The largest absolute Gasteiger partial charge is 0.312 e. The molecule has 3 rings (SSSR count). The van der Waals surface area contributed by atoms with Crippen LogP contribution in [0.1, 0.15) is 44.9 Å². The van der Waals surface area contributed by atoms with Crippen LogP contribution in [0.4, 0.5) is 5.69 Å². The van der Waals surface area contributed by atoms with Gasteiger partial charge in [-0.3, -0.25) is 4.79 Å². The Bertz CT molecular complexity index is 634. The number of amides is 1. The van der Waals surface area contributed by atoms with Gasteiger partial charge in [0.05, 0.1) is 4.90 Å². The van der Waals surface area contributed by atoms with Crippen LogP contribution in [-0.4, -0.2) is 26.9 Å². The predicted octanol–water partition coefficient (Wildman–Crippen LogP) is 2.42. The van der Waals surface area contributed by atoms with Crippen LogP contribution in [0.3, 0.4) is 0 Å². The molecular weight excluding hydrogens is 300 g/mol. The Balaban J connectivity index is 1.74. The second-order valence-corrected chi connectivity index (χ2v) is 7.81. The lowest BCUT2D eigenvalue weighted by molar-refractivity contribution is -0.119. The van der Waals surface area contributed by atoms with Gasteiger partial charge in [-0.25, -0.2) is 13.1 Å². The maximum atomic E-state index is 12.3. The summed E-state index contributed by atoms with van der Waals surface area (Å²) >= 11 is 0. The number of benzene rings is 1. The Hall–Kier alpha value is -1.40. The van der Waals surface area contributed by atoms with Gasteiger partial charge in [-0.1, -0.05) is 12.8 Å². The highest BCUT2D eigenvalue weighted by atomic mass is 32.2. The van der Waals surface area contributed by atoms with Crippen molar-refractivity contribution in [3.05, 3.63) is 24.3 Å². The van der Waals surface area contributed by atoms with Crippen LogP contribution in [0.2, 0.25) is 0 Å². The summed E-state index contributed by atoms with van der Waals surface area (Å²) in [5.74, 6) is 0.117. The number of nitrogens with one attached hydrogen (secondary N) is 1. The predicted molar refractivity (Wildman–Crippen MR) is 85.2 cm³/mol. The lowest BCUT2D eigenvalue weighted by Crippen LogP contribution is -2.35. The van der Waals surface area contributed by atoms with Crippen molar-refractivity contribution >= 4 is 21.6 Å². The van der Waals surface area contributed by atoms with Crippen LogP contribution >= 0.6 is 0 Å². The average molecular weight is 322 g/mol. The van der Waals surface area contributed by atoms with E-state index in [0.717, 1.165) is 44.2 Å². The van der Waals surface area contributed by atoms with Gasteiger partial charge in [0.1, 0.15) is 0 Å². The van der Waals surface area contributed by atoms with Crippen molar-refractivity contribution in [1.82, 2.24) is 4.72 Å². The maximum Gasteiger partial charge on any atom is 0.240 e. The molecule has 0 radical (unpaired) electrons. The van der Waals surface area contributed by atoms with E-state index in [9.17, 15) is 13.2 Å². The molecule has 22 heavy (non-hydrogen) atoms. The van der Waals surface area contributed by atoms with Gasteiger partial charge < -0.3 is 4.90 Å². The third-order valence-electron chi connectivity index (χ3n) is 4.46. The molecule has 5 nitrogen and oxygen atoms in total. The first kappa shape index (κ1) is 15.5. The maximum absolute atomic E-state index is 12.3. The highest BCUT2D eigenvalue weighted by Gasteiger charge is 2.24. The van der Waals surface area contributed by atoms with Crippen molar-refractivity contribution in [2.24, 2.45) is 0 Å². The third-order valence-corrected chi connectivity index (χ3v) is 6.00. The number of nitrogens with zero attached hydrogens (tertiary/aromatic N) is 1. The molecule has 1 N–H and O–H groups in total. The highest BCUT2D eigenvalue weighted by Crippen LogP contribution is 2.24. The van der Waals surface area contributed by atoms with E-state index in [4.69, 9.17) is 0 Å². The van der Waals surface area contributed by atoms with E-state index in [-0.39, 0.29) is 16.8 Å². The first-order valence-electron chi connectivity index (χ1n) is 7.99. The van der Waals surface area contributed by atoms with E-state index >= 15 is 0 Å². The van der Waals surface area contributed by atoms with Crippen molar-refractivity contribution in [1.29, 1.82) is 0 Å². The van der Waals surface area contributed by atoms with E-state index in [1.807, 2.05) is 0 Å². The Morgan fingerprint density at radius 2 is 1.68 bits per heavy atom. The minimum Gasteiger partial charge on any atom is -0.312 e. The molecule has 0 aromatic heterocycles. The lowest BCUT2D eigenvalue weighted by atomic mass is 10.1. The second kappa shape index (κ2) is 6.38. The highest BCUT2D eigenvalue weighted by molar-refractivity contribution is 7.89. The van der Waals surface area contributed by atoms with E-state index in [0.29, 0.717) is 13.0 Å². The van der Waals surface area contributed by atoms with Crippen molar-refractivity contribution in [2.75, 3.05) is 11.4 Å². The number of piperidine rings is 1. The molecule has 1 aliphatic carbocycles. The van der Waals surface area contributed by atoms with Gasteiger partial charge in [-0.15, -0.1) is 0 Å². The molecule has 6 heteroatoms. The molecule has 1 saturated carbocycles. The summed E-state index contributed by atoms with van der Waals surface area (Å²) in [6.45, 7) is 0.714. The van der Waals surface area contributed by atoms with Gasteiger partial charge in [-0.05, 0) is 49.9 Å². The Morgan fingerprint density at radius 3 is 2.32 bits per heavy atom. The van der Waals surface area contributed by atoms with Crippen LogP contribution in [0.25, 0.3) is 0 Å². The average Bonchev–Trinajstić information content (AvgIpc) is 3.00. The molecular formula is C16H22N2O3S. The smallest absolute Gasteiger partial charge is 0.240 e. The zero-order valence-electron chi connectivity index (χ0n) is 12.6. The summed E-state index contributed by atoms with van der Waals surface area (Å²) in [5, 5.41) is 0. The number of carbonyl (C=O) groups excluding carboxylic acids is 1. The molecule has 0 spiro atoms. The fraction of sp³-hybridized carbons (Fsp3) is 0.562. The van der Waals surface area contributed by atoms with Gasteiger partial charge in [0.2, 0.25) is 15.9 Å². The molecule has 120 valence electrons. The van der Waals surface area contributed by atoms with E-state index in [2.05, 4.69) is 4.72 Å². The Morgan fingerprint density at radius 1 is 1.00 bits per heavy atom. The second-order valence-electron chi connectivity index (χ2n) is 6.10. The number of anilines is 1. The molecule has 1 amide bonds. The standard InChI is InChI=1S/C16H22N2O3S/c19-16-7-3-4-12-18(16)14-8-10-15(11-9-14)22(20,21)17-13-5-1-2-6-13/h8-11,13,17H,1-7,12H2. The summed E-state index contributed by atoms with van der Waals surface area (Å²) in [4.78, 5) is 13.9. The quantitative estimate of drug-likeness (QED) is 0.926. The monoisotopic (exact) mass is 322 g/mol. The molecule has 2 aliphatic rings. The van der Waals surface area contributed by atoms with Crippen molar-refractivity contribution in [2.45, 2.75) is 55.9 Å². The van der Waals surface area contributed by atoms with Crippen LogP contribution in [0.5, 0.6) is 0 Å². The molecule has 1 saturated heterocycles. The van der Waals surface area contributed by atoms with Crippen molar-refractivity contribution in [3.8, 4) is 0 Å². The number of hydrogen-bond acceptors (Lipinski definition) is 3. The topological polar surface area (TPSA) is 66.5 Å².